The second kappa shape index (κ2) is 5.30. The molecule has 21 heavy (non-hydrogen) atoms. The molecule has 3 heterocycles. The van der Waals surface area contributed by atoms with Gasteiger partial charge in [0.2, 0.25) is 0 Å². The van der Waals surface area contributed by atoms with Gasteiger partial charge in [0.05, 0.1) is 17.3 Å². The van der Waals surface area contributed by atoms with Crippen LogP contribution in [0.3, 0.4) is 0 Å². The normalized spacial score (nSPS) is 11.2. The molecular weight excluding hydrogens is 290 g/mol. The number of nitrogens with zero attached hydrogens (tertiary/aromatic N) is 7. The lowest BCUT2D eigenvalue weighted by Crippen LogP contribution is -2.11. The Hall–Kier alpha value is -2.20. The molecule has 3 rings (SSSR count). The Kier molecular flexibility index (Phi) is 3.47. The summed E-state index contributed by atoms with van der Waals surface area (Å²) in [6, 6.07) is 0. The van der Waals surface area contributed by atoms with Crippen molar-refractivity contribution < 1.29 is 0 Å². The lowest BCUT2D eigenvalue weighted by atomic mass is 10.4. The molecule has 0 amide bonds. The van der Waals surface area contributed by atoms with Gasteiger partial charge in [0.1, 0.15) is 11.6 Å². The molecular formula is C11H15N9S. The average molecular weight is 305 g/mol. The topological polar surface area (TPSA) is 112 Å². The van der Waals surface area contributed by atoms with Gasteiger partial charge in [-0.1, -0.05) is 11.8 Å². The Morgan fingerprint density at radius 2 is 2.10 bits per heavy atom. The maximum atomic E-state index is 5.52. The fourth-order valence-electron chi connectivity index (χ4n) is 1.88. The summed E-state index contributed by atoms with van der Waals surface area (Å²) in [6.45, 7) is 1.91. The lowest BCUT2D eigenvalue weighted by molar-refractivity contribution is 0.764. The maximum absolute atomic E-state index is 5.52. The smallest absolute Gasteiger partial charge is 0.191 e. The second-order valence-corrected chi connectivity index (χ2v) is 5.46. The van der Waals surface area contributed by atoms with Crippen LogP contribution in [0.25, 0.3) is 11.0 Å². The molecule has 3 N–H and O–H groups in total. The zero-order valence-corrected chi connectivity index (χ0v) is 12.7. The molecule has 0 saturated heterocycles. The van der Waals surface area contributed by atoms with Gasteiger partial charge in [0, 0.05) is 14.1 Å². The molecule has 0 bridgehead atoms. The number of nitrogen functional groups attached to an aromatic ring is 1. The SMILES string of the molecule is Cc1nnc(SCc2nc(NN)c3cnn(C)c3n2)n1C. The maximum Gasteiger partial charge on any atom is 0.191 e. The highest BCUT2D eigenvalue weighted by Gasteiger charge is 2.12. The molecule has 9 nitrogen and oxygen atoms in total. The number of hydrogen-bond acceptors (Lipinski definition) is 8. The van der Waals surface area contributed by atoms with Crippen molar-refractivity contribution in [1.82, 2.24) is 34.5 Å². The first-order valence-corrected chi connectivity index (χ1v) is 7.22. The van der Waals surface area contributed by atoms with Crippen LogP contribution in [0, 0.1) is 6.92 Å². The van der Waals surface area contributed by atoms with E-state index in [1.54, 1.807) is 10.9 Å². The van der Waals surface area contributed by atoms with E-state index >= 15 is 0 Å². The molecule has 0 aromatic carbocycles. The minimum Gasteiger partial charge on any atom is -0.309 e. The van der Waals surface area contributed by atoms with Crippen LogP contribution in [0.2, 0.25) is 0 Å². The van der Waals surface area contributed by atoms with Crippen LogP contribution in [-0.2, 0) is 19.8 Å². The largest absolute Gasteiger partial charge is 0.309 e. The molecule has 0 saturated carbocycles. The monoisotopic (exact) mass is 305 g/mol. The Bertz CT molecular complexity index is 790. The third kappa shape index (κ3) is 2.43. The van der Waals surface area contributed by atoms with Gasteiger partial charge in [0.25, 0.3) is 0 Å². The first-order valence-electron chi connectivity index (χ1n) is 6.24. The zero-order chi connectivity index (χ0) is 15.0. The first kappa shape index (κ1) is 13.8. The highest BCUT2D eigenvalue weighted by Crippen LogP contribution is 2.23. The van der Waals surface area contributed by atoms with Gasteiger partial charge in [-0.05, 0) is 6.92 Å². The van der Waals surface area contributed by atoms with Crippen LogP contribution < -0.4 is 11.3 Å². The molecule has 3 aromatic heterocycles. The summed E-state index contributed by atoms with van der Waals surface area (Å²) < 4.78 is 3.62. The van der Waals surface area contributed by atoms with Crippen LogP contribution in [0.15, 0.2) is 11.4 Å². The van der Waals surface area contributed by atoms with E-state index in [-0.39, 0.29) is 0 Å². The van der Waals surface area contributed by atoms with Gasteiger partial charge in [-0.3, -0.25) is 4.68 Å². The molecule has 0 radical (unpaired) electrons. The zero-order valence-electron chi connectivity index (χ0n) is 11.9. The second-order valence-electron chi connectivity index (χ2n) is 4.52. The van der Waals surface area contributed by atoms with Crippen molar-refractivity contribution in [2.45, 2.75) is 17.8 Å². The van der Waals surface area contributed by atoms with Crippen LogP contribution >= 0.6 is 11.8 Å². The molecule has 110 valence electrons. The van der Waals surface area contributed by atoms with Gasteiger partial charge in [-0.25, -0.2) is 15.8 Å². The quantitative estimate of drug-likeness (QED) is 0.404. The van der Waals surface area contributed by atoms with Gasteiger partial charge in [0.15, 0.2) is 16.6 Å². The highest BCUT2D eigenvalue weighted by atomic mass is 32.2. The number of hydrazine groups is 1. The standard InChI is InChI=1S/C11H15N9S/c1-6-17-18-11(19(6)2)21-5-8-14-9(16-12)7-4-13-20(3)10(7)15-8/h4H,5,12H2,1-3H3,(H,14,15,16). The Morgan fingerprint density at radius 3 is 2.76 bits per heavy atom. The van der Waals surface area contributed by atoms with Crippen LogP contribution in [0.1, 0.15) is 11.6 Å². The van der Waals surface area contributed by atoms with Crippen molar-refractivity contribution in [2.24, 2.45) is 19.9 Å². The lowest BCUT2D eigenvalue weighted by Gasteiger charge is -2.05. The summed E-state index contributed by atoms with van der Waals surface area (Å²) in [6.07, 6.45) is 1.69. The molecule has 0 aliphatic heterocycles. The van der Waals surface area contributed by atoms with Crippen LogP contribution in [0.4, 0.5) is 5.82 Å². The number of fused-ring (bicyclic) bond motifs is 1. The Balaban J connectivity index is 1.90. The number of aryl methyl sites for hydroxylation is 2. The van der Waals surface area contributed by atoms with Crippen LogP contribution in [0.5, 0.6) is 0 Å². The number of rotatable bonds is 4. The number of hydrogen-bond donors (Lipinski definition) is 2. The minimum absolute atomic E-state index is 0.567. The fourth-order valence-corrected chi connectivity index (χ4v) is 2.70. The molecule has 3 aromatic rings. The van der Waals surface area contributed by atoms with Crippen molar-refractivity contribution in [3.8, 4) is 0 Å². The number of nitrogens with one attached hydrogen (secondary N) is 1. The average Bonchev–Trinajstić information content (AvgIpc) is 3.01. The molecule has 0 unspecified atom stereocenters. The molecule has 0 aliphatic rings. The van der Waals surface area contributed by atoms with Crippen molar-refractivity contribution >= 4 is 28.6 Å². The van der Waals surface area contributed by atoms with Crippen molar-refractivity contribution in [1.29, 1.82) is 0 Å². The van der Waals surface area contributed by atoms with Crippen molar-refractivity contribution in [2.75, 3.05) is 5.43 Å². The van der Waals surface area contributed by atoms with E-state index in [9.17, 15) is 0 Å². The molecule has 10 heteroatoms. The highest BCUT2D eigenvalue weighted by molar-refractivity contribution is 7.98. The van der Waals surface area contributed by atoms with Crippen molar-refractivity contribution in [3.63, 3.8) is 0 Å². The third-order valence-electron chi connectivity index (χ3n) is 3.16. The van der Waals surface area contributed by atoms with E-state index in [0.29, 0.717) is 17.4 Å². The van der Waals surface area contributed by atoms with Gasteiger partial charge < -0.3 is 9.99 Å². The van der Waals surface area contributed by atoms with E-state index in [2.05, 4.69) is 30.7 Å². The summed E-state index contributed by atoms with van der Waals surface area (Å²) in [7, 11) is 3.76. The molecule has 0 fully saturated rings. The van der Waals surface area contributed by atoms with E-state index in [1.807, 2.05) is 25.6 Å². The molecule has 0 spiro atoms. The summed E-state index contributed by atoms with van der Waals surface area (Å²) in [5.41, 5.74) is 3.33. The first-order chi connectivity index (χ1) is 10.1. The summed E-state index contributed by atoms with van der Waals surface area (Å²) in [5, 5.41) is 13.9. The Labute approximate surface area is 124 Å². The van der Waals surface area contributed by atoms with E-state index < -0.39 is 0 Å². The van der Waals surface area contributed by atoms with E-state index in [1.165, 1.54) is 11.8 Å². The molecule has 0 aliphatic carbocycles. The summed E-state index contributed by atoms with van der Waals surface area (Å²) in [4.78, 5) is 8.92. The predicted octanol–water partition coefficient (Wildman–Crippen LogP) is 0.378. The van der Waals surface area contributed by atoms with E-state index in [4.69, 9.17) is 5.84 Å². The van der Waals surface area contributed by atoms with E-state index in [0.717, 1.165) is 22.0 Å². The minimum atomic E-state index is 0.567. The number of thioether (sulfide) groups is 1. The summed E-state index contributed by atoms with van der Waals surface area (Å²) >= 11 is 1.52. The Morgan fingerprint density at radius 1 is 1.29 bits per heavy atom. The van der Waals surface area contributed by atoms with Crippen LogP contribution in [-0.4, -0.2) is 34.5 Å². The van der Waals surface area contributed by atoms with Gasteiger partial charge in [-0.2, -0.15) is 5.10 Å². The number of nitrogens with two attached hydrogens (primary N) is 1. The number of aromatic nitrogens is 7. The molecule has 0 atom stereocenters. The van der Waals surface area contributed by atoms with Gasteiger partial charge >= 0.3 is 0 Å². The third-order valence-corrected chi connectivity index (χ3v) is 4.17. The van der Waals surface area contributed by atoms with Crippen molar-refractivity contribution in [3.05, 3.63) is 17.8 Å². The fraction of sp³-hybridized carbons (Fsp3) is 0.364. The number of anilines is 1. The summed E-state index contributed by atoms with van der Waals surface area (Å²) in [5.74, 6) is 8.18. The van der Waals surface area contributed by atoms with Gasteiger partial charge in [-0.15, -0.1) is 10.2 Å². The predicted molar refractivity (Wildman–Crippen MR) is 79.4 cm³/mol.